The first-order valence-corrected chi connectivity index (χ1v) is 10.4. The number of allylic oxidation sites excluding steroid dienone is 2. The molecule has 2 aliphatic heterocycles. The fourth-order valence-corrected chi connectivity index (χ4v) is 6.30. The number of rotatable bonds is 3. The van der Waals surface area contributed by atoms with E-state index in [9.17, 15) is 5.11 Å². The summed E-state index contributed by atoms with van der Waals surface area (Å²) in [4.78, 5) is 2.74. The van der Waals surface area contributed by atoms with Crippen LogP contribution in [0.2, 0.25) is 0 Å². The van der Waals surface area contributed by atoms with Crippen molar-refractivity contribution in [1.82, 2.24) is 4.90 Å². The van der Waals surface area contributed by atoms with Crippen molar-refractivity contribution in [2.24, 2.45) is 5.92 Å². The molecule has 1 saturated carbocycles. The lowest BCUT2D eigenvalue weighted by molar-refractivity contribution is 0.0556. The van der Waals surface area contributed by atoms with E-state index in [1.165, 1.54) is 42.5 Å². The molecule has 142 valence electrons. The van der Waals surface area contributed by atoms with Crippen molar-refractivity contribution < 1.29 is 14.6 Å². The van der Waals surface area contributed by atoms with Crippen LogP contribution in [0.4, 0.5) is 0 Å². The first-order valence-electron chi connectivity index (χ1n) is 10.4. The van der Waals surface area contributed by atoms with Gasteiger partial charge in [0.05, 0.1) is 12.5 Å². The van der Waals surface area contributed by atoms with Gasteiger partial charge < -0.3 is 14.6 Å². The molecule has 4 nitrogen and oxygen atoms in total. The molecule has 2 bridgehead atoms. The van der Waals surface area contributed by atoms with Gasteiger partial charge in [-0.05, 0) is 61.3 Å². The minimum Gasteiger partial charge on any atom is -0.504 e. The Balaban J connectivity index is 1.52. The average Bonchev–Trinajstić information content (AvgIpc) is 2.95. The Kier molecular flexibility index (Phi) is 3.29. The number of hydrogen-bond acceptors (Lipinski definition) is 4. The zero-order valence-corrected chi connectivity index (χ0v) is 15.9. The number of aromatic hydroxyl groups is 1. The average molecular weight is 365 g/mol. The molecule has 1 aromatic rings. The summed E-state index contributed by atoms with van der Waals surface area (Å²) in [6.45, 7) is 2.34. The Morgan fingerprint density at radius 3 is 2.93 bits per heavy atom. The molecule has 4 heteroatoms. The van der Waals surface area contributed by atoms with Crippen molar-refractivity contribution in [2.45, 2.75) is 56.1 Å². The van der Waals surface area contributed by atoms with Gasteiger partial charge in [0.2, 0.25) is 0 Å². The van der Waals surface area contributed by atoms with E-state index in [0.29, 0.717) is 11.8 Å². The van der Waals surface area contributed by atoms with E-state index in [1.807, 2.05) is 6.07 Å². The highest BCUT2D eigenvalue weighted by molar-refractivity contribution is 5.65. The van der Waals surface area contributed by atoms with Gasteiger partial charge in [-0.25, -0.2) is 0 Å². The summed E-state index contributed by atoms with van der Waals surface area (Å²) < 4.78 is 12.1. The minimum absolute atomic E-state index is 0.143. The number of likely N-dealkylation sites (tertiary alicyclic amines) is 1. The van der Waals surface area contributed by atoms with E-state index >= 15 is 0 Å². The van der Waals surface area contributed by atoms with E-state index in [1.54, 1.807) is 7.11 Å². The summed E-state index contributed by atoms with van der Waals surface area (Å²) in [5.74, 6) is 2.73. The van der Waals surface area contributed by atoms with Gasteiger partial charge in [-0.3, -0.25) is 4.90 Å². The van der Waals surface area contributed by atoms with Crippen LogP contribution in [0.3, 0.4) is 0 Å². The molecule has 0 aromatic heterocycles. The lowest BCUT2D eigenvalue weighted by Gasteiger charge is -2.50. The largest absolute Gasteiger partial charge is 0.504 e. The molecule has 1 spiro atoms. The number of hydrogen-bond donors (Lipinski definition) is 1. The van der Waals surface area contributed by atoms with Gasteiger partial charge in [0.1, 0.15) is 5.76 Å². The molecule has 6 rings (SSSR count). The highest BCUT2D eigenvalue weighted by Gasteiger charge is 2.61. The maximum absolute atomic E-state index is 10.6. The fraction of sp³-hybridized carbons (Fsp3) is 0.565. The number of nitrogens with zero attached hydrogens (tertiary/aromatic N) is 1. The van der Waals surface area contributed by atoms with Crippen LogP contribution in [0, 0.1) is 5.92 Å². The van der Waals surface area contributed by atoms with Gasteiger partial charge in [0, 0.05) is 24.7 Å². The summed E-state index contributed by atoms with van der Waals surface area (Å²) >= 11 is 0. The monoisotopic (exact) mass is 365 g/mol. The number of piperidine rings is 1. The molecule has 3 atom stereocenters. The van der Waals surface area contributed by atoms with Crippen LogP contribution in [0.5, 0.6) is 11.5 Å². The topological polar surface area (TPSA) is 41.9 Å². The van der Waals surface area contributed by atoms with E-state index in [2.05, 4.69) is 23.1 Å². The smallest absolute Gasteiger partial charge is 0.169 e. The van der Waals surface area contributed by atoms with Crippen LogP contribution in [-0.4, -0.2) is 42.4 Å². The summed E-state index contributed by atoms with van der Waals surface area (Å²) in [5, 5.41) is 10.6. The second-order valence-electron chi connectivity index (χ2n) is 8.91. The third kappa shape index (κ3) is 1.97. The zero-order valence-electron chi connectivity index (χ0n) is 15.9. The van der Waals surface area contributed by atoms with E-state index < -0.39 is 0 Å². The Morgan fingerprint density at radius 2 is 2.15 bits per heavy atom. The van der Waals surface area contributed by atoms with Crippen molar-refractivity contribution in [2.75, 3.05) is 20.2 Å². The molecule has 2 heterocycles. The lowest BCUT2D eigenvalue weighted by atomic mass is 9.62. The quantitative estimate of drug-likeness (QED) is 0.887. The van der Waals surface area contributed by atoms with Gasteiger partial charge in [-0.1, -0.05) is 18.6 Å². The van der Waals surface area contributed by atoms with Gasteiger partial charge in [0.15, 0.2) is 17.6 Å². The molecule has 0 radical (unpaired) electrons. The SMILES string of the molecule is COC1=CC=C2C3CCc4ccc(O)c5c4C2(CCN3CC2CCC2)C1O5. The van der Waals surface area contributed by atoms with E-state index in [0.717, 1.165) is 37.5 Å². The van der Waals surface area contributed by atoms with Crippen LogP contribution in [0.1, 0.15) is 43.2 Å². The molecular formula is C23H27NO3. The van der Waals surface area contributed by atoms with Gasteiger partial charge in [0.25, 0.3) is 0 Å². The molecule has 2 fully saturated rings. The van der Waals surface area contributed by atoms with Gasteiger partial charge in [-0.2, -0.15) is 0 Å². The predicted molar refractivity (Wildman–Crippen MR) is 103 cm³/mol. The Labute approximate surface area is 160 Å². The Hall–Kier alpha value is -1.94. The van der Waals surface area contributed by atoms with Crippen LogP contribution < -0.4 is 4.74 Å². The second-order valence-corrected chi connectivity index (χ2v) is 8.91. The highest BCUT2D eigenvalue weighted by atomic mass is 16.5. The molecule has 3 aliphatic carbocycles. The summed E-state index contributed by atoms with van der Waals surface area (Å²) in [5.41, 5.74) is 3.91. The maximum Gasteiger partial charge on any atom is 0.169 e. The number of methoxy groups -OCH3 is 1. The number of phenolic OH excluding ortho intramolecular Hbond substituents is 1. The number of phenols is 1. The highest BCUT2D eigenvalue weighted by Crippen LogP contribution is 2.61. The molecule has 1 aromatic carbocycles. The zero-order chi connectivity index (χ0) is 18.2. The molecule has 27 heavy (non-hydrogen) atoms. The van der Waals surface area contributed by atoms with E-state index in [4.69, 9.17) is 9.47 Å². The lowest BCUT2D eigenvalue weighted by Crippen LogP contribution is -2.56. The number of aryl methyl sites for hydroxylation is 1. The Morgan fingerprint density at radius 1 is 1.26 bits per heavy atom. The Bertz CT molecular complexity index is 869. The van der Waals surface area contributed by atoms with Crippen LogP contribution in [-0.2, 0) is 16.6 Å². The standard InChI is InChI=1S/C23H27NO3/c1-26-19-10-7-16-17-8-5-15-6-9-18(25)21-20(15)23(16,22(19)27-21)11-12-24(17)13-14-3-2-4-14/h6-7,9-10,14,17,22,25H,2-5,8,11-13H2,1H3. The minimum atomic E-state index is -0.166. The third-order valence-electron chi connectivity index (χ3n) is 7.79. The second kappa shape index (κ2) is 5.54. The third-order valence-corrected chi connectivity index (χ3v) is 7.79. The number of benzene rings is 1. The molecule has 3 unspecified atom stereocenters. The number of ether oxygens (including phenoxy) is 2. The summed E-state index contributed by atoms with van der Waals surface area (Å²) in [6, 6.07) is 4.40. The fourth-order valence-electron chi connectivity index (χ4n) is 6.30. The summed E-state index contributed by atoms with van der Waals surface area (Å²) in [6.07, 6.45) is 11.7. The van der Waals surface area contributed by atoms with Crippen molar-refractivity contribution in [3.63, 3.8) is 0 Å². The van der Waals surface area contributed by atoms with Crippen molar-refractivity contribution in [3.8, 4) is 11.5 Å². The van der Waals surface area contributed by atoms with Crippen molar-refractivity contribution in [3.05, 3.63) is 46.7 Å². The van der Waals surface area contributed by atoms with Crippen molar-refractivity contribution >= 4 is 0 Å². The maximum atomic E-state index is 10.6. The molecule has 1 saturated heterocycles. The molecular weight excluding hydrogens is 338 g/mol. The van der Waals surface area contributed by atoms with Crippen LogP contribution in [0.15, 0.2) is 35.6 Å². The first kappa shape index (κ1) is 16.1. The molecule has 0 amide bonds. The first-order chi connectivity index (χ1) is 13.2. The van der Waals surface area contributed by atoms with Gasteiger partial charge in [-0.15, -0.1) is 0 Å². The van der Waals surface area contributed by atoms with Gasteiger partial charge >= 0.3 is 0 Å². The summed E-state index contributed by atoms with van der Waals surface area (Å²) in [7, 11) is 1.73. The predicted octanol–water partition coefficient (Wildman–Crippen LogP) is 3.68. The van der Waals surface area contributed by atoms with Crippen LogP contribution in [0.25, 0.3) is 0 Å². The molecule has 5 aliphatic rings. The van der Waals surface area contributed by atoms with Crippen LogP contribution >= 0.6 is 0 Å². The van der Waals surface area contributed by atoms with E-state index in [-0.39, 0.29) is 17.3 Å². The molecule has 1 N–H and O–H groups in total. The normalized spacial score (nSPS) is 34.0. The van der Waals surface area contributed by atoms with Crippen molar-refractivity contribution in [1.29, 1.82) is 0 Å².